The van der Waals surface area contributed by atoms with Gasteiger partial charge < -0.3 is 5.32 Å². The first-order chi connectivity index (χ1) is 8.20. The molecule has 0 atom stereocenters. The average Bonchev–Trinajstić information content (AvgIpc) is 2.34. The summed E-state index contributed by atoms with van der Waals surface area (Å²) in [6, 6.07) is 8.10. The molecule has 5 heteroatoms. The highest BCUT2D eigenvalue weighted by Crippen LogP contribution is 2.26. The second-order valence-electron chi connectivity index (χ2n) is 3.47. The summed E-state index contributed by atoms with van der Waals surface area (Å²) < 4.78 is 0.785. The zero-order chi connectivity index (χ0) is 12.3. The van der Waals surface area contributed by atoms with Crippen LogP contribution in [0.4, 0.5) is 11.5 Å². The number of hydrogen-bond acceptors (Lipinski definition) is 3. The largest absolute Gasteiger partial charge is 0.339 e. The third kappa shape index (κ3) is 2.96. The number of nitrogens with one attached hydrogen (secondary N) is 1. The molecule has 2 rings (SSSR count). The van der Waals surface area contributed by atoms with Crippen molar-refractivity contribution < 1.29 is 0 Å². The quantitative estimate of drug-likeness (QED) is 0.863. The zero-order valence-electron chi connectivity index (χ0n) is 9.24. The Hall–Kier alpha value is -1.13. The first-order valence-electron chi connectivity index (χ1n) is 5.23. The fourth-order valence-electron chi connectivity index (χ4n) is 1.51. The topological polar surface area (TPSA) is 37.8 Å². The third-order valence-corrected chi connectivity index (χ3v) is 3.13. The van der Waals surface area contributed by atoms with Crippen LogP contribution >= 0.6 is 27.5 Å². The lowest BCUT2D eigenvalue weighted by molar-refractivity contribution is 1.12. The van der Waals surface area contributed by atoms with Crippen molar-refractivity contribution in [3.8, 4) is 0 Å². The molecule has 1 heterocycles. The monoisotopic (exact) mass is 311 g/mol. The van der Waals surface area contributed by atoms with Gasteiger partial charge in [-0.15, -0.1) is 0 Å². The number of nitrogens with zero attached hydrogens (tertiary/aromatic N) is 2. The molecule has 1 aromatic carbocycles. The number of anilines is 2. The highest BCUT2D eigenvalue weighted by Gasteiger charge is 2.06. The van der Waals surface area contributed by atoms with Crippen molar-refractivity contribution in [3.63, 3.8) is 0 Å². The summed E-state index contributed by atoms with van der Waals surface area (Å²) >= 11 is 9.16. The predicted molar refractivity (Wildman–Crippen MR) is 73.8 cm³/mol. The van der Waals surface area contributed by atoms with Crippen molar-refractivity contribution in [2.24, 2.45) is 0 Å². The maximum absolute atomic E-state index is 5.77. The summed E-state index contributed by atoms with van der Waals surface area (Å²) in [5.74, 6) is 0.672. The van der Waals surface area contributed by atoms with Crippen LogP contribution in [0.3, 0.4) is 0 Å². The summed E-state index contributed by atoms with van der Waals surface area (Å²) in [6.07, 6.45) is 2.59. The highest BCUT2D eigenvalue weighted by molar-refractivity contribution is 9.10. The molecule has 0 spiro atoms. The molecule has 0 aliphatic carbocycles. The molecule has 2 aromatic rings. The Balaban J connectivity index is 2.34. The Labute approximate surface area is 113 Å². The van der Waals surface area contributed by atoms with Crippen LogP contribution < -0.4 is 5.32 Å². The van der Waals surface area contributed by atoms with Gasteiger partial charge in [0.1, 0.15) is 5.82 Å². The Morgan fingerprint density at radius 1 is 1.35 bits per heavy atom. The molecule has 0 unspecified atom stereocenters. The van der Waals surface area contributed by atoms with Crippen LogP contribution in [0, 0.1) is 0 Å². The van der Waals surface area contributed by atoms with Crippen LogP contribution in [0.5, 0.6) is 0 Å². The summed E-state index contributed by atoms with van der Waals surface area (Å²) in [5, 5.41) is 3.48. The molecule has 0 aliphatic heterocycles. The maximum atomic E-state index is 5.77. The van der Waals surface area contributed by atoms with Crippen LogP contribution in [0.2, 0.25) is 5.28 Å². The van der Waals surface area contributed by atoms with E-state index in [0.29, 0.717) is 5.82 Å². The molecule has 3 nitrogen and oxygen atoms in total. The molecule has 0 saturated heterocycles. The molecule has 88 valence electrons. The van der Waals surface area contributed by atoms with Crippen LogP contribution in [-0.2, 0) is 6.42 Å². The third-order valence-electron chi connectivity index (χ3n) is 2.37. The van der Waals surface area contributed by atoms with Crippen LogP contribution in [0.1, 0.15) is 12.5 Å². The molecular weight excluding hydrogens is 302 g/mol. The van der Waals surface area contributed by atoms with Gasteiger partial charge in [0.2, 0.25) is 5.28 Å². The minimum Gasteiger partial charge on any atom is -0.339 e. The van der Waals surface area contributed by atoms with Crippen molar-refractivity contribution in [1.29, 1.82) is 0 Å². The Bertz CT molecular complexity index is 531. The molecule has 0 fully saturated rings. The van der Waals surface area contributed by atoms with Crippen molar-refractivity contribution in [3.05, 3.63) is 45.8 Å². The van der Waals surface area contributed by atoms with Gasteiger partial charge in [-0.2, -0.15) is 4.98 Å². The van der Waals surface area contributed by atoms with E-state index in [-0.39, 0.29) is 5.28 Å². The lowest BCUT2D eigenvalue weighted by Crippen LogP contribution is -1.99. The van der Waals surface area contributed by atoms with E-state index in [1.54, 1.807) is 6.20 Å². The summed E-state index contributed by atoms with van der Waals surface area (Å²) in [5.41, 5.74) is 2.26. The average molecular weight is 313 g/mol. The van der Waals surface area contributed by atoms with Gasteiger partial charge in [0.05, 0.1) is 4.47 Å². The standard InChI is InChI=1S/C12H11BrClN3/c1-2-8-5-3-4-6-10(8)16-11-9(13)7-15-12(14)17-11/h3-7H,2H2,1H3,(H,15,16,17). The number of aromatic nitrogens is 2. The van der Waals surface area contributed by atoms with Crippen molar-refractivity contribution in [2.45, 2.75) is 13.3 Å². The number of aryl methyl sites for hydroxylation is 1. The molecule has 17 heavy (non-hydrogen) atoms. The molecule has 0 saturated carbocycles. The van der Waals surface area contributed by atoms with Crippen LogP contribution in [0.25, 0.3) is 0 Å². The second kappa shape index (κ2) is 5.47. The van der Waals surface area contributed by atoms with E-state index < -0.39 is 0 Å². The lowest BCUT2D eigenvalue weighted by atomic mass is 10.1. The maximum Gasteiger partial charge on any atom is 0.224 e. The van der Waals surface area contributed by atoms with E-state index in [2.05, 4.69) is 44.2 Å². The smallest absolute Gasteiger partial charge is 0.224 e. The van der Waals surface area contributed by atoms with E-state index in [1.165, 1.54) is 5.56 Å². The number of rotatable bonds is 3. The van der Waals surface area contributed by atoms with Gasteiger partial charge in [-0.05, 0) is 45.6 Å². The fraction of sp³-hybridized carbons (Fsp3) is 0.167. The first-order valence-corrected chi connectivity index (χ1v) is 6.40. The van der Waals surface area contributed by atoms with E-state index in [9.17, 15) is 0 Å². The fourth-order valence-corrected chi connectivity index (χ4v) is 1.93. The Morgan fingerprint density at radius 2 is 2.12 bits per heavy atom. The van der Waals surface area contributed by atoms with Crippen LogP contribution in [-0.4, -0.2) is 9.97 Å². The second-order valence-corrected chi connectivity index (χ2v) is 4.66. The van der Waals surface area contributed by atoms with E-state index in [4.69, 9.17) is 11.6 Å². The normalized spacial score (nSPS) is 10.3. The summed E-state index contributed by atoms with van der Waals surface area (Å²) in [6.45, 7) is 2.11. The predicted octanol–water partition coefficient (Wildman–Crippen LogP) is 4.20. The van der Waals surface area contributed by atoms with Gasteiger partial charge in [0.25, 0.3) is 0 Å². The van der Waals surface area contributed by atoms with Gasteiger partial charge in [0.15, 0.2) is 0 Å². The van der Waals surface area contributed by atoms with Gasteiger partial charge in [-0.1, -0.05) is 25.1 Å². The number of halogens is 2. The molecule has 0 amide bonds. The minimum atomic E-state index is 0.227. The van der Waals surface area contributed by atoms with Gasteiger partial charge in [-0.25, -0.2) is 4.98 Å². The lowest BCUT2D eigenvalue weighted by Gasteiger charge is -2.11. The number of para-hydroxylation sites is 1. The van der Waals surface area contributed by atoms with Gasteiger partial charge in [0, 0.05) is 11.9 Å². The molecule has 0 radical (unpaired) electrons. The SMILES string of the molecule is CCc1ccccc1Nc1nc(Cl)ncc1Br. The number of benzene rings is 1. The van der Waals surface area contributed by atoms with Gasteiger partial charge >= 0.3 is 0 Å². The first kappa shape index (κ1) is 12.3. The zero-order valence-corrected chi connectivity index (χ0v) is 11.6. The number of hydrogen-bond donors (Lipinski definition) is 1. The van der Waals surface area contributed by atoms with Crippen molar-refractivity contribution in [1.82, 2.24) is 9.97 Å². The summed E-state index contributed by atoms with van der Waals surface area (Å²) in [4.78, 5) is 8.03. The molecule has 0 aliphatic rings. The van der Waals surface area contributed by atoms with Crippen molar-refractivity contribution in [2.75, 3.05) is 5.32 Å². The highest BCUT2D eigenvalue weighted by atomic mass is 79.9. The van der Waals surface area contributed by atoms with E-state index in [1.807, 2.05) is 18.2 Å². The van der Waals surface area contributed by atoms with Gasteiger partial charge in [-0.3, -0.25) is 0 Å². The van der Waals surface area contributed by atoms with Crippen molar-refractivity contribution >= 4 is 39.0 Å². The van der Waals surface area contributed by atoms with E-state index in [0.717, 1.165) is 16.6 Å². The Kier molecular flexibility index (Phi) is 3.97. The minimum absolute atomic E-state index is 0.227. The molecule has 1 aromatic heterocycles. The molecular formula is C12H11BrClN3. The molecule has 1 N–H and O–H groups in total. The van der Waals surface area contributed by atoms with E-state index >= 15 is 0 Å². The Morgan fingerprint density at radius 3 is 2.88 bits per heavy atom. The van der Waals surface area contributed by atoms with Crippen LogP contribution in [0.15, 0.2) is 34.9 Å². The molecule has 0 bridgehead atoms. The summed E-state index contributed by atoms with van der Waals surface area (Å²) in [7, 11) is 0.